The van der Waals surface area contributed by atoms with Crippen LogP contribution < -0.4 is 15.9 Å². The molecule has 2 heterocycles. The number of nitrogens with zero attached hydrogens (tertiary/aromatic N) is 4. The summed E-state index contributed by atoms with van der Waals surface area (Å²) in [5.74, 6) is 5.65. The van der Waals surface area contributed by atoms with Gasteiger partial charge in [0.2, 0.25) is 11.1 Å². The number of ether oxygens (including phenoxy) is 1. The molecule has 1 atom stereocenters. The lowest BCUT2D eigenvalue weighted by Crippen LogP contribution is -2.24. The van der Waals surface area contributed by atoms with Gasteiger partial charge in [0.15, 0.2) is 23.2 Å². The average molecular weight is 457 g/mol. The highest BCUT2D eigenvalue weighted by molar-refractivity contribution is 8.00. The maximum absolute atomic E-state index is 13.6. The first kappa shape index (κ1) is 21.2. The molecule has 1 aromatic carbocycles. The molecule has 29 heavy (non-hydrogen) atoms. The normalized spacial score (nSPS) is 11.9. The fraction of sp³-hybridized carbons (Fsp3) is 0.176. The van der Waals surface area contributed by atoms with E-state index in [1.807, 2.05) is 0 Å². The molecule has 0 fully saturated rings. The van der Waals surface area contributed by atoms with E-state index in [-0.39, 0.29) is 40.1 Å². The number of anilines is 1. The summed E-state index contributed by atoms with van der Waals surface area (Å²) in [5, 5.41) is 10.8. The van der Waals surface area contributed by atoms with Gasteiger partial charge in [-0.05, 0) is 25.1 Å². The van der Waals surface area contributed by atoms with Crippen molar-refractivity contribution in [1.82, 2.24) is 19.9 Å². The summed E-state index contributed by atoms with van der Waals surface area (Å²) in [6.07, 6.45) is 1.37. The minimum Gasteiger partial charge on any atom is -0.482 e. The van der Waals surface area contributed by atoms with Crippen LogP contribution in [0.25, 0.3) is 0 Å². The third kappa shape index (κ3) is 5.28. The van der Waals surface area contributed by atoms with Crippen molar-refractivity contribution >= 4 is 46.7 Å². The monoisotopic (exact) mass is 456 g/mol. The summed E-state index contributed by atoms with van der Waals surface area (Å²) in [5.41, 5.74) is 0. The fourth-order valence-corrected chi connectivity index (χ4v) is 3.34. The van der Waals surface area contributed by atoms with E-state index >= 15 is 0 Å². The summed E-state index contributed by atoms with van der Waals surface area (Å²) in [7, 11) is 0. The van der Waals surface area contributed by atoms with E-state index in [0.717, 1.165) is 11.8 Å². The molecule has 3 aromatic rings. The van der Waals surface area contributed by atoms with Gasteiger partial charge >= 0.3 is 0 Å². The molecule has 1 amide bonds. The molecule has 0 aliphatic rings. The highest BCUT2D eigenvalue weighted by Gasteiger charge is 2.21. The molecule has 12 heteroatoms. The molecule has 8 nitrogen and oxygen atoms in total. The molecule has 0 aliphatic carbocycles. The van der Waals surface area contributed by atoms with Gasteiger partial charge in [0.1, 0.15) is 6.61 Å². The number of amides is 1. The Hall–Kier alpha value is -2.56. The average Bonchev–Trinajstić information content (AvgIpc) is 3.03. The number of pyridine rings is 1. The number of rotatable bonds is 7. The summed E-state index contributed by atoms with van der Waals surface area (Å²) in [4.78, 5) is 16.4. The van der Waals surface area contributed by atoms with Crippen molar-refractivity contribution in [3.8, 4) is 5.75 Å². The Bertz CT molecular complexity index is 1030. The second-order valence-electron chi connectivity index (χ2n) is 5.72. The highest BCUT2D eigenvalue weighted by Crippen LogP contribution is 2.26. The Morgan fingerprint density at radius 1 is 1.38 bits per heavy atom. The van der Waals surface area contributed by atoms with Crippen molar-refractivity contribution in [2.75, 3.05) is 11.2 Å². The maximum atomic E-state index is 13.6. The number of hydrogen-bond acceptors (Lipinski definition) is 7. The minimum atomic E-state index is -0.588. The SMILES string of the molecule is CC(Sc1nnc(COc2ccccc2F)n1N)C(=O)Nc1ncc(Cl)cc1Cl. The summed E-state index contributed by atoms with van der Waals surface area (Å²) < 4.78 is 20.2. The maximum Gasteiger partial charge on any atom is 0.238 e. The van der Waals surface area contributed by atoms with Gasteiger partial charge < -0.3 is 15.9 Å². The molecule has 3 rings (SSSR count). The molecular formula is C17H15Cl2FN6O2S. The number of nitrogens with one attached hydrogen (secondary N) is 1. The van der Waals surface area contributed by atoms with E-state index in [1.165, 1.54) is 29.1 Å². The van der Waals surface area contributed by atoms with E-state index in [4.69, 9.17) is 33.8 Å². The summed E-state index contributed by atoms with van der Waals surface area (Å²) in [6, 6.07) is 7.45. The predicted octanol–water partition coefficient (Wildman–Crippen LogP) is 3.53. The number of nitrogens with two attached hydrogens (primary N) is 1. The van der Waals surface area contributed by atoms with E-state index in [2.05, 4.69) is 20.5 Å². The Morgan fingerprint density at radius 3 is 2.86 bits per heavy atom. The smallest absolute Gasteiger partial charge is 0.238 e. The van der Waals surface area contributed by atoms with Crippen LogP contribution in [-0.4, -0.2) is 31.0 Å². The topological polar surface area (TPSA) is 108 Å². The molecule has 0 saturated heterocycles. The van der Waals surface area contributed by atoms with Gasteiger partial charge in [-0.15, -0.1) is 10.2 Å². The van der Waals surface area contributed by atoms with Gasteiger partial charge in [-0.3, -0.25) is 4.79 Å². The van der Waals surface area contributed by atoms with Crippen LogP contribution in [0.15, 0.2) is 41.7 Å². The number of carbonyl (C=O) groups excluding carboxylic acids is 1. The quantitative estimate of drug-likeness (QED) is 0.413. The Kier molecular flexibility index (Phi) is 6.78. The molecule has 0 spiro atoms. The molecule has 2 aromatic heterocycles. The van der Waals surface area contributed by atoms with Crippen LogP contribution in [0.1, 0.15) is 12.7 Å². The zero-order valence-corrected chi connectivity index (χ0v) is 17.3. The van der Waals surface area contributed by atoms with E-state index < -0.39 is 11.1 Å². The third-order valence-corrected chi connectivity index (χ3v) is 5.18. The zero-order valence-electron chi connectivity index (χ0n) is 15.0. The van der Waals surface area contributed by atoms with E-state index in [0.29, 0.717) is 5.02 Å². The number of para-hydroxylation sites is 1. The summed E-state index contributed by atoms with van der Waals surface area (Å²) >= 11 is 12.9. The first-order valence-corrected chi connectivity index (χ1v) is 9.84. The van der Waals surface area contributed by atoms with Gasteiger partial charge in [-0.2, -0.15) is 0 Å². The van der Waals surface area contributed by atoms with Gasteiger partial charge in [-0.1, -0.05) is 47.1 Å². The van der Waals surface area contributed by atoms with Crippen LogP contribution in [0, 0.1) is 5.82 Å². The molecule has 0 bridgehead atoms. The largest absolute Gasteiger partial charge is 0.482 e. The van der Waals surface area contributed by atoms with Crippen LogP contribution in [-0.2, 0) is 11.4 Å². The van der Waals surface area contributed by atoms with Crippen LogP contribution in [0.2, 0.25) is 10.0 Å². The first-order chi connectivity index (χ1) is 13.8. The van der Waals surface area contributed by atoms with Crippen molar-refractivity contribution in [1.29, 1.82) is 0 Å². The first-order valence-electron chi connectivity index (χ1n) is 8.20. The lowest BCUT2D eigenvalue weighted by Gasteiger charge is -2.12. The lowest BCUT2D eigenvalue weighted by atomic mass is 10.3. The highest BCUT2D eigenvalue weighted by atomic mass is 35.5. The molecule has 3 N–H and O–H groups in total. The fourth-order valence-electron chi connectivity index (χ4n) is 2.13. The Morgan fingerprint density at radius 2 is 2.14 bits per heavy atom. The van der Waals surface area contributed by atoms with Crippen molar-refractivity contribution in [3.63, 3.8) is 0 Å². The van der Waals surface area contributed by atoms with E-state index in [1.54, 1.807) is 19.1 Å². The third-order valence-electron chi connectivity index (χ3n) is 3.63. The molecule has 0 aliphatic heterocycles. The number of halogens is 3. The molecule has 0 saturated carbocycles. The number of thioether (sulfide) groups is 1. The second-order valence-corrected chi connectivity index (χ2v) is 7.87. The zero-order chi connectivity index (χ0) is 21.0. The predicted molar refractivity (Wildman–Crippen MR) is 109 cm³/mol. The van der Waals surface area contributed by atoms with Gasteiger partial charge in [-0.25, -0.2) is 14.1 Å². The number of nitrogen functional groups attached to an aromatic ring is 1. The number of hydrogen-bond donors (Lipinski definition) is 2. The summed E-state index contributed by atoms with van der Waals surface area (Å²) in [6.45, 7) is 1.57. The van der Waals surface area contributed by atoms with Crippen LogP contribution >= 0.6 is 35.0 Å². The van der Waals surface area contributed by atoms with Gasteiger partial charge in [0.05, 0.1) is 15.3 Å². The minimum absolute atomic E-state index is 0.0739. The molecular weight excluding hydrogens is 442 g/mol. The van der Waals surface area contributed by atoms with E-state index in [9.17, 15) is 9.18 Å². The van der Waals surface area contributed by atoms with Crippen LogP contribution in [0.4, 0.5) is 10.2 Å². The molecule has 152 valence electrons. The van der Waals surface area contributed by atoms with Crippen molar-refractivity contribution in [3.05, 3.63) is 58.2 Å². The van der Waals surface area contributed by atoms with Crippen LogP contribution in [0.3, 0.4) is 0 Å². The van der Waals surface area contributed by atoms with Crippen molar-refractivity contribution in [2.24, 2.45) is 0 Å². The number of carbonyl (C=O) groups is 1. The van der Waals surface area contributed by atoms with Crippen molar-refractivity contribution in [2.45, 2.75) is 23.9 Å². The Balaban J connectivity index is 1.61. The standard InChI is InChI=1S/C17H15Cl2FN6O2S/c1-9(16(27)23-15-11(19)6-10(18)7-22-15)29-17-25-24-14(26(17)21)8-28-13-5-3-2-4-12(13)20/h2-7,9H,8,21H2,1H3,(H,22,23,27). The molecule has 0 radical (unpaired) electrons. The lowest BCUT2D eigenvalue weighted by molar-refractivity contribution is -0.115. The number of benzene rings is 1. The van der Waals surface area contributed by atoms with Crippen molar-refractivity contribution < 1.29 is 13.9 Å². The second kappa shape index (κ2) is 9.29. The Labute approximate surface area is 179 Å². The molecule has 1 unspecified atom stereocenters. The van der Waals surface area contributed by atoms with Crippen LogP contribution in [0.5, 0.6) is 5.75 Å². The van der Waals surface area contributed by atoms with Gasteiger partial charge in [0.25, 0.3) is 0 Å². The van der Waals surface area contributed by atoms with Gasteiger partial charge in [0, 0.05) is 6.20 Å². The number of aromatic nitrogens is 4.